The molecule has 6 atom stereocenters. The van der Waals surface area contributed by atoms with Crippen LogP contribution in [0.4, 0.5) is 5.69 Å². The van der Waals surface area contributed by atoms with Crippen molar-refractivity contribution in [3.63, 3.8) is 0 Å². The number of likely N-dealkylation sites (N-methyl/N-ethyl adjacent to an activating group) is 1. The molecule has 2 aromatic carbocycles. The zero-order valence-corrected chi connectivity index (χ0v) is 23.5. The first-order valence-corrected chi connectivity index (χ1v) is 14.1. The molecule has 214 valence electrons. The Morgan fingerprint density at radius 2 is 1.66 bits per heavy atom. The fourth-order valence-electron chi connectivity index (χ4n) is 7.18. The highest BCUT2D eigenvalue weighted by atomic mass is 16.5. The van der Waals surface area contributed by atoms with Gasteiger partial charge in [-0.2, -0.15) is 0 Å². The van der Waals surface area contributed by atoms with Gasteiger partial charge in [-0.3, -0.25) is 14.4 Å². The predicted octanol–water partition coefficient (Wildman–Crippen LogP) is 2.72. The van der Waals surface area contributed by atoms with Crippen LogP contribution in [0.25, 0.3) is 0 Å². The van der Waals surface area contributed by atoms with E-state index in [1.165, 1.54) is 4.90 Å². The number of ether oxygens (including phenoxy) is 2. The molecule has 1 N–H and O–H groups in total. The van der Waals surface area contributed by atoms with Gasteiger partial charge in [-0.1, -0.05) is 61.6 Å². The van der Waals surface area contributed by atoms with E-state index in [0.717, 1.165) is 0 Å². The van der Waals surface area contributed by atoms with Crippen LogP contribution in [0.1, 0.15) is 24.9 Å². The number of fused-ring (bicyclic) bond motifs is 2. The largest absolute Gasteiger partial charge is 0.497 e. The van der Waals surface area contributed by atoms with Gasteiger partial charge in [0.2, 0.25) is 11.8 Å². The van der Waals surface area contributed by atoms with Gasteiger partial charge in [0, 0.05) is 25.8 Å². The van der Waals surface area contributed by atoms with Crippen LogP contribution in [0.15, 0.2) is 78.9 Å². The number of anilines is 1. The van der Waals surface area contributed by atoms with Gasteiger partial charge >= 0.3 is 0 Å². The molecule has 2 aromatic rings. The normalized spacial score (nSPS) is 31.5. The minimum absolute atomic E-state index is 0.190. The molecule has 0 saturated carbocycles. The number of likely N-dealkylation sites (tertiary alicyclic amines) is 1. The maximum Gasteiger partial charge on any atom is 0.253 e. The molecular weight excluding hydrogens is 522 g/mol. The molecule has 9 heteroatoms. The van der Waals surface area contributed by atoms with Gasteiger partial charge in [0.25, 0.3) is 5.91 Å². The molecule has 9 nitrogen and oxygen atoms in total. The molecular formula is C32H35N3O6. The lowest BCUT2D eigenvalue weighted by Gasteiger charge is -2.40. The smallest absolute Gasteiger partial charge is 0.253 e. The topological polar surface area (TPSA) is 99.6 Å². The molecule has 2 saturated heterocycles. The Balaban J connectivity index is 1.54. The summed E-state index contributed by atoms with van der Waals surface area (Å²) < 4.78 is 12.3. The molecule has 4 aliphatic rings. The molecule has 0 radical (unpaired) electrons. The summed E-state index contributed by atoms with van der Waals surface area (Å²) in [6.07, 6.45) is 7.95. The fourth-order valence-corrected chi connectivity index (χ4v) is 7.18. The van der Waals surface area contributed by atoms with Crippen LogP contribution in [0.5, 0.6) is 5.75 Å². The highest BCUT2D eigenvalue weighted by Gasteiger charge is 2.76. The summed E-state index contributed by atoms with van der Waals surface area (Å²) in [4.78, 5) is 48.1. The van der Waals surface area contributed by atoms with Crippen molar-refractivity contribution in [3.8, 4) is 5.75 Å². The average Bonchev–Trinajstić information content (AvgIpc) is 3.30. The van der Waals surface area contributed by atoms with Crippen molar-refractivity contribution in [3.05, 3.63) is 84.5 Å². The summed E-state index contributed by atoms with van der Waals surface area (Å²) in [6.45, 7) is 2.21. The van der Waals surface area contributed by atoms with Crippen LogP contribution in [0.3, 0.4) is 0 Å². The van der Waals surface area contributed by atoms with Gasteiger partial charge in [-0.05, 0) is 36.2 Å². The van der Waals surface area contributed by atoms with E-state index in [1.54, 1.807) is 48.2 Å². The SMILES string of the molecule is CC[C@@]12C=CCN(C)C(=O)[C@@H]1[C@H]1C(=O)N([C@H](CO)c3ccccc3)C3C(=O)N(c4ccc(OC)cc4)CC=C[C@@]31O2. The summed E-state index contributed by atoms with van der Waals surface area (Å²) in [5.74, 6) is -2.01. The van der Waals surface area contributed by atoms with Gasteiger partial charge < -0.3 is 29.3 Å². The fraction of sp³-hybridized carbons (Fsp3) is 0.406. The molecule has 2 fully saturated rings. The molecule has 1 spiro atoms. The number of amides is 3. The van der Waals surface area contributed by atoms with Crippen molar-refractivity contribution >= 4 is 23.4 Å². The van der Waals surface area contributed by atoms with E-state index >= 15 is 0 Å². The van der Waals surface area contributed by atoms with Gasteiger partial charge in [-0.15, -0.1) is 0 Å². The van der Waals surface area contributed by atoms with E-state index in [1.807, 2.05) is 61.6 Å². The van der Waals surface area contributed by atoms with E-state index in [0.29, 0.717) is 30.0 Å². The molecule has 0 aromatic heterocycles. The highest BCUT2D eigenvalue weighted by Crippen LogP contribution is 2.59. The lowest BCUT2D eigenvalue weighted by atomic mass is 9.73. The predicted molar refractivity (Wildman–Crippen MR) is 152 cm³/mol. The minimum atomic E-state index is -1.41. The number of nitrogens with zero attached hydrogens (tertiary/aromatic N) is 3. The second kappa shape index (κ2) is 10.2. The number of carbonyl (C=O) groups is 3. The summed E-state index contributed by atoms with van der Waals surface area (Å²) in [5.41, 5.74) is -1.12. The third-order valence-corrected chi connectivity index (χ3v) is 9.16. The monoisotopic (exact) mass is 557 g/mol. The quantitative estimate of drug-likeness (QED) is 0.549. The first kappa shape index (κ1) is 27.2. The van der Waals surface area contributed by atoms with E-state index < -0.39 is 41.7 Å². The molecule has 0 aliphatic carbocycles. The van der Waals surface area contributed by atoms with Crippen LogP contribution >= 0.6 is 0 Å². The molecule has 1 unspecified atom stereocenters. The summed E-state index contributed by atoms with van der Waals surface area (Å²) in [7, 11) is 3.30. The van der Waals surface area contributed by atoms with Gasteiger partial charge in [0.1, 0.15) is 17.4 Å². The molecule has 0 bridgehead atoms. The number of methoxy groups -OCH3 is 1. The Hall–Kier alpha value is -3.95. The summed E-state index contributed by atoms with van der Waals surface area (Å²) in [5, 5.41) is 10.7. The highest BCUT2D eigenvalue weighted by molar-refractivity contribution is 6.06. The number of carbonyl (C=O) groups excluding carboxylic acids is 3. The van der Waals surface area contributed by atoms with Crippen molar-refractivity contribution in [2.75, 3.05) is 38.8 Å². The Kier molecular flexibility index (Phi) is 6.74. The Morgan fingerprint density at radius 1 is 0.951 bits per heavy atom. The maximum atomic E-state index is 14.7. The summed E-state index contributed by atoms with van der Waals surface area (Å²) >= 11 is 0. The number of benzene rings is 2. The zero-order chi connectivity index (χ0) is 28.9. The lowest BCUT2D eigenvalue weighted by Crippen LogP contribution is -2.57. The Bertz CT molecular complexity index is 1410. The average molecular weight is 558 g/mol. The Labute approximate surface area is 239 Å². The number of aliphatic hydroxyl groups is 1. The second-order valence-electron chi connectivity index (χ2n) is 11.1. The second-order valence-corrected chi connectivity index (χ2v) is 11.1. The number of hydrogen-bond acceptors (Lipinski definition) is 6. The number of hydrogen-bond donors (Lipinski definition) is 1. The summed E-state index contributed by atoms with van der Waals surface area (Å²) in [6, 6.07) is 14.4. The van der Waals surface area contributed by atoms with Crippen LogP contribution < -0.4 is 9.64 Å². The van der Waals surface area contributed by atoms with Crippen LogP contribution in [-0.4, -0.2) is 83.7 Å². The zero-order valence-electron chi connectivity index (χ0n) is 23.5. The van der Waals surface area contributed by atoms with Crippen molar-refractivity contribution in [1.29, 1.82) is 0 Å². The maximum absolute atomic E-state index is 14.7. The van der Waals surface area contributed by atoms with Gasteiger partial charge in [0.05, 0.1) is 37.2 Å². The van der Waals surface area contributed by atoms with E-state index in [9.17, 15) is 19.5 Å². The van der Waals surface area contributed by atoms with Crippen molar-refractivity contribution < 1.29 is 29.0 Å². The lowest BCUT2D eigenvalue weighted by molar-refractivity contribution is -0.152. The Morgan fingerprint density at radius 3 is 2.32 bits per heavy atom. The third-order valence-electron chi connectivity index (χ3n) is 9.16. The van der Waals surface area contributed by atoms with Crippen molar-refractivity contribution in [2.45, 2.75) is 36.6 Å². The third kappa shape index (κ3) is 3.94. The van der Waals surface area contributed by atoms with E-state index in [-0.39, 0.29) is 24.3 Å². The van der Waals surface area contributed by atoms with Gasteiger partial charge in [-0.25, -0.2) is 0 Å². The first-order valence-electron chi connectivity index (χ1n) is 14.1. The van der Waals surface area contributed by atoms with Gasteiger partial charge in [0.15, 0.2) is 0 Å². The first-order chi connectivity index (χ1) is 19.8. The van der Waals surface area contributed by atoms with Crippen molar-refractivity contribution in [2.24, 2.45) is 11.8 Å². The van der Waals surface area contributed by atoms with Crippen molar-refractivity contribution in [1.82, 2.24) is 9.80 Å². The molecule has 41 heavy (non-hydrogen) atoms. The molecule has 4 heterocycles. The van der Waals surface area contributed by atoms with E-state index in [2.05, 4.69) is 0 Å². The standard InChI is InChI=1S/C32H35N3O6/c1-4-31-16-8-18-33(2)28(37)25(31)26-29(38)35(24(20-36)21-10-6-5-7-11-21)27-30(39)34(19-9-17-32(26,27)41-31)22-12-14-23(40-3)15-13-22/h5-17,24-27,36H,4,18-20H2,1-3H3/t24-,25+,26+,27?,31-,32+/m1/s1. The van der Waals surface area contributed by atoms with E-state index in [4.69, 9.17) is 9.47 Å². The number of rotatable bonds is 6. The number of aliphatic hydroxyl groups excluding tert-OH is 1. The molecule has 6 rings (SSSR count). The minimum Gasteiger partial charge on any atom is -0.497 e. The van der Waals surface area contributed by atoms with Crippen LogP contribution in [0, 0.1) is 11.8 Å². The van der Waals surface area contributed by atoms with Crippen LogP contribution in [-0.2, 0) is 19.1 Å². The molecule has 4 aliphatic heterocycles. The van der Waals surface area contributed by atoms with Crippen LogP contribution in [0.2, 0.25) is 0 Å². The molecule has 3 amide bonds.